The number of hydrogen-bond acceptors (Lipinski definition) is 2. The Balaban J connectivity index is 2.13. The van der Waals surface area contributed by atoms with E-state index in [2.05, 4.69) is 27.6 Å². The number of halogens is 3. The summed E-state index contributed by atoms with van der Waals surface area (Å²) >= 11 is 8.50. The minimum Gasteiger partial charge on any atom is -0.232 e. The van der Waals surface area contributed by atoms with Gasteiger partial charge in [0, 0.05) is 11.5 Å². The second-order valence-electron chi connectivity index (χ2n) is 5.48. The van der Waals surface area contributed by atoms with E-state index >= 15 is 0 Å². The first-order chi connectivity index (χ1) is 10.1. The van der Waals surface area contributed by atoms with Crippen molar-refractivity contribution in [2.45, 2.75) is 38.5 Å². The van der Waals surface area contributed by atoms with E-state index in [4.69, 9.17) is 16.6 Å². The largest absolute Gasteiger partial charge is 0.232 e. The molecule has 21 heavy (non-hydrogen) atoms. The quantitative estimate of drug-likeness (QED) is 0.477. The molecule has 1 saturated carbocycles. The monoisotopic (exact) mass is 416 g/mol. The van der Waals surface area contributed by atoms with Crippen molar-refractivity contribution in [3.63, 3.8) is 0 Å². The fourth-order valence-corrected chi connectivity index (χ4v) is 3.72. The molecule has 1 aromatic heterocycles. The van der Waals surface area contributed by atoms with Gasteiger partial charge in [-0.1, -0.05) is 30.5 Å². The minimum atomic E-state index is -0.281. The predicted octanol–water partition coefficient (Wildman–Crippen LogP) is 5.51. The zero-order valence-corrected chi connectivity index (χ0v) is 14.6. The summed E-state index contributed by atoms with van der Waals surface area (Å²) in [6, 6.07) is 4.67. The Kier molecular flexibility index (Phi) is 4.45. The highest BCUT2D eigenvalue weighted by molar-refractivity contribution is 14.1. The van der Waals surface area contributed by atoms with E-state index in [-0.39, 0.29) is 5.82 Å². The Morgan fingerprint density at radius 3 is 2.67 bits per heavy atom. The second kappa shape index (κ2) is 6.16. The SMILES string of the molecule is Cc1ccc(F)cc1-c1nc(Cl)c(I)c(C2CCCC2)n1. The molecule has 2 aromatic rings. The highest BCUT2D eigenvalue weighted by Gasteiger charge is 2.24. The Hall–Kier alpha value is -0.750. The van der Waals surface area contributed by atoms with Crippen LogP contribution in [-0.4, -0.2) is 9.97 Å². The van der Waals surface area contributed by atoms with Gasteiger partial charge in [-0.25, -0.2) is 14.4 Å². The maximum atomic E-state index is 13.5. The average molecular weight is 417 g/mol. The molecule has 1 aromatic carbocycles. The Labute approximate surface area is 142 Å². The first kappa shape index (κ1) is 15.2. The third-order valence-corrected chi connectivity index (χ3v) is 5.67. The molecule has 0 saturated heterocycles. The van der Waals surface area contributed by atoms with Gasteiger partial charge in [-0.3, -0.25) is 0 Å². The molecular weight excluding hydrogens is 402 g/mol. The first-order valence-corrected chi connectivity index (χ1v) is 8.51. The molecular formula is C16H15ClFIN2. The lowest BCUT2D eigenvalue weighted by Gasteiger charge is -2.14. The molecule has 0 radical (unpaired) electrons. The molecule has 1 aliphatic rings. The van der Waals surface area contributed by atoms with Crippen molar-refractivity contribution >= 4 is 34.2 Å². The van der Waals surface area contributed by atoms with Crippen LogP contribution in [0.1, 0.15) is 42.9 Å². The van der Waals surface area contributed by atoms with E-state index in [0.29, 0.717) is 22.5 Å². The third-order valence-electron chi connectivity index (χ3n) is 4.02. The standard InChI is InChI=1S/C16H15ClFIN2/c1-9-6-7-11(18)8-12(9)16-20-14(10-4-2-3-5-10)13(19)15(17)21-16/h6-8,10H,2-5H2,1H3. The van der Waals surface area contributed by atoms with Crippen LogP contribution in [-0.2, 0) is 0 Å². The smallest absolute Gasteiger partial charge is 0.161 e. The number of rotatable bonds is 2. The van der Waals surface area contributed by atoms with Gasteiger partial charge in [0.2, 0.25) is 0 Å². The van der Waals surface area contributed by atoms with Crippen LogP contribution in [0.4, 0.5) is 4.39 Å². The molecule has 1 fully saturated rings. The molecule has 5 heteroatoms. The van der Waals surface area contributed by atoms with Gasteiger partial charge in [0.05, 0.1) is 9.26 Å². The van der Waals surface area contributed by atoms with Crippen molar-refractivity contribution in [1.29, 1.82) is 0 Å². The van der Waals surface area contributed by atoms with Crippen molar-refractivity contribution < 1.29 is 4.39 Å². The predicted molar refractivity (Wildman–Crippen MR) is 91.1 cm³/mol. The summed E-state index contributed by atoms with van der Waals surface area (Å²) in [5.41, 5.74) is 2.69. The second-order valence-corrected chi connectivity index (χ2v) is 6.91. The van der Waals surface area contributed by atoms with Crippen LogP contribution in [0.25, 0.3) is 11.4 Å². The number of aromatic nitrogens is 2. The van der Waals surface area contributed by atoms with Gasteiger partial charge >= 0.3 is 0 Å². The van der Waals surface area contributed by atoms with Crippen molar-refractivity contribution in [3.05, 3.63) is 44.0 Å². The summed E-state index contributed by atoms with van der Waals surface area (Å²) in [7, 11) is 0. The topological polar surface area (TPSA) is 25.8 Å². The molecule has 0 atom stereocenters. The molecule has 1 heterocycles. The molecule has 110 valence electrons. The van der Waals surface area contributed by atoms with E-state index in [1.165, 1.54) is 25.0 Å². The van der Waals surface area contributed by atoms with Crippen molar-refractivity contribution in [2.75, 3.05) is 0 Å². The lowest BCUT2D eigenvalue weighted by Crippen LogP contribution is -2.05. The summed E-state index contributed by atoms with van der Waals surface area (Å²) < 4.78 is 14.5. The fourth-order valence-electron chi connectivity index (χ4n) is 2.86. The van der Waals surface area contributed by atoms with Gasteiger partial charge in [-0.05, 0) is 60.1 Å². The van der Waals surface area contributed by atoms with E-state index in [0.717, 1.165) is 27.7 Å². The van der Waals surface area contributed by atoms with Crippen LogP contribution >= 0.6 is 34.2 Å². The lowest BCUT2D eigenvalue weighted by atomic mass is 10.0. The minimum absolute atomic E-state index is 0.281. The molecule has 3 rings (SSSR count). The van der Waals surface area contributed by atoms with E-state index in [9.17, 15) is 4.39 Å². The number of nitrogens with zero attached hydrogens (tertiary/aromatic N) is 2. The molecule has 0 amide bonds. The van der Waals surface area contributed by atoms with E-state index < -0.39 is 0 Å². The number of benzene rings is 1. The van der Waals surface area contributed by atoms with Crippen LogP contribution in [0, 0.1) is 16.3 Å². The van der Waals surface area contributed by atoms with Crippen LogP contribution < -0.4 is 0 Å². The Morgan fingerprint density at radius 1 is 1.24 bits per heavy atom. The Bertz CT molecular complexity index is 684. The normalized spacial score (nSPS) is 15.6. The molecule has 0 unspecified atom stereocenters. The average Bonchev–Trinajstić information content (AvgIpc) is 2.98. The molecule has 0 bridgehead atoms. The zero-order chi connectivity index (χ0) is 15.0. The molecule has 2 nitrogen and oxygen atoms in total. The lowest BCUT2D eigenvalue weighted by molar-refractivity contribution is 0.627. The van der Waals surface area contributed by atoms with Crippen molar-refractivity contribution in [2.24, 2.45) is 0 Å². The van der Waals surface area contributed by atoms with E-state index in [1.807, 2.05) is 6.92 Å². The van der Waals surface area contributed by atoms with Crippen LogP contribution in [0.3, 0.4) is 0 Å². The molecule has 0 aliphatic heterocycles. The number of aryl methyl sites for hydroxylation is 1. The van der Waals surface area contributed by atoms with Crippen molar-refractivity contribution in [1.82, 2.24) is 9.97 Å². The summed E-state index contributed by atoms with van der Waals surface area (Å²) in [4.78, 5) is 9.07. The molecule has 1 aliphatic carbocycles. The van der Waals surface area contributed by atoms with Crippen molar-refractivity contribution in [3.8, 4) is 11.4 Å². The van der Waals surface area contributed by atoms with Gasteiger partial charge in [-0.15, -0.1) is 0 Å². The molecule has 0 spiro atoms. The van der Waals surface area contributed by atoms with E-state index in [1.54, 1.807) is 6.07 Å². The van der Waals surface area contributed by atoms with Crippen LogP contribution in [0.2, 0.25) is 5.15 Å². The van der Waals surface area contributed by atoms with Gasteiger partial charge in [-0.2, -0.15) is 0 Å². The number of hydrogen-bond donors (Lipinski definition) is 0. The van der Waals surface area contributed by atoms with Gasteiger partial charge in [0.15, 0.2) is 5.82 Å². The zero-order valence-electron chi connectivity index (χ0n) is 11.7. The summed E-state index contributed by atoms with van der Waals surface area (Å²) in [6.45, 7) is 1.93. The van der Waals surface area contributed by atoms with Gasteiger partial charge in [0.25, 0.3) is 0 Å². The highest BCUT2D eigenvalue weighted by Crippen LogP contribution is 2.38. The Morgan fingerprint density at radius 2 is 1.95 bits per heavy atom. The molecule has 0 N–H and O–H groups in total. The summed E-state index contributed by atoms with van der Waals surface area (Å²) in [5.74, 6) is 0.695. The fraction of sp³-hybridized carbons (Fsp3) is 0.375. The highest BCUT2D eigenvalue weighted by atomic mass is 127. The van der Waals surface area contributed by atoms with Gasteiger partial charge in [0.1, 0.15) is 11.0 Å². The first-order valence-electron chi connectivity index (χ1n) is 7.05. The summed E-state index contributed by atoms with van der Waals surface area (Å²) in [6.07, 6.45) is 4.75. The maximum Gasteiger partial charge on any atom is 0.161 e. The van der Waals surface area contributed by atoms with Crippen LogP contribution in [0.15, 0.2) is 18.2 Å². The summed E-state index contributed by atoms with van der Waals surface area (Å²) in [5, 5.41) is 0.464. The maximum absolute atomic E-state index is 13.5. The van der Waals surface area contributed by atoms with Gasteiger partial charge < -0.3 is 0 Å². The third kappa shape index (κ3) is 3.06. The van der Waals surface area contributed by atoms with Crippen LogP contribution in [0.5, 0.6) is 0 Å².